The molecule has 0 aliphatic rings. The Morgan fingerprint density at radius 1 is 1.47 bits per heavy atom. The molecule has 0 saturated carbocycles. The number of rotatable bonds is 4. The fraction of sp³-hybridized carbons (Fsp3) is 0.385. The van der Waals surface area contributed by atoms with Gasteiger partial charge in [0.15, 0.2) is 0 Å². The molecular formula is C13H16ClNO3S. The Balaban J connectivity index is 3.09. The Hall–Kier alpha value is -1.06. The molecule has 1 rings (SSSR count). The Morgan fingerprint density at radius 3 is 2.68 bits per heavy atom. The van der Waals surface area contributed by atoms with Crippen molar-refractivity contribution in [2.24, 2.45) is 0 Å². The first-order valence-corrected chi connectivity index (χ1v) is 7.68. The molecule has 0 radical (unpaired) electrons. The summed E-state index contributed by atoms with van der Waals surface area (Å²) in [5.41, 5.74) is 0.557. The number of sulfonamides is 1. The van der Waals surface area contributed by atoms with E-state index in [4.69, 9.17) is 16.7 Å². The topological polar surface area (TPSA) is 66.4 Å². The summed E-state index contributed by atoms with van der Waals surface area (Å²) in [6.07, 6.45) is 0.691. The third kappa shape index (κ3) is 4.51. The van der Waals surface area contributed by atoms with E-state index < -0.39 is 10.0 Å². The number of aliphatic hydroxyl groups excluding tert-OH is 1. The smallest absolute Gasteiger partial charge is 0.242 e. The van der Waals surface area contributed by atoms with Crippen LogP contribution in [-0.4, -0.2) is 26.2 Å². The average Bonchev–Trinajstić information content (AvgIpc) is 2.35. The van der Waals surface area contributed by atoms with E-state index >= 15 is 0 Å². The summed E-state index contributed by atoms with van der Waals surface area (Å²) in [7, 11) is -3.62. The molecule has 0 heterocycles. The van der Waals surface area contributed by atoms with Gasteiger partial charge in [0.1, 0.15) is 11.5 Å². The van der Waals surface area contributed by atoms with Gasteiger partial charge >= 0.3 is 0 Å². The Morgan fingerprint density at radius 2 is 2.16 bits per heavy atom. The number of benzene rings is 1. The van der Waals surface area contributed by atoms with E-state index in [1.165, 1.54) is 12.1 Å². The van der Waals surface area contributed by atoms with E-state index in [-0.39, 0.29) is 22.6 Å². The van der Waals surface area contributed by atoms with E-state index in [9.17, 15) is 8.42 Å². The first-order chi connectivity index (χ1) is 8.90. The molecule has 0 aliphatic heterocycles. The van der Waals surface area contributed by atoms with Gasteiger partial charge in [-0.05, 0) is 31.5 Å². The van der Waals surface area contributed by atoms with Crippen molar-refractivity contribution in [1.29, 1.82) is 0 Å². The maximum Gasteiger partial charge on any atom is 0.242 e. The molecule has 0 amide bonds. The van der Waals surface area contributed by atoms with Crippen LogP contribution in [0.4, 0.5) is 0 Å². The van der Waals surface area contributed by atoms with Crippen molar-refractivity contribution in [3.63, 3.8) is 0 Å². The number of hydrogen-bond donors (Lipinski definition) is 2. The maximum absolute atomic E-state index is 12.1. The first kappa shape index (κ1) is 16.0. The normalized spacial score (nSPS) is 12.6. The maximum atomic E-state index is 12.1. The van der Waals surface area contributed by atoms with Crippen LogP contribution in [0.3, 0.4) is 0 Å². The minimum Gasteiger partial charge on any atom is -0.384 e. The summed E-state index contributed by atoms with van der Waals surface area (Å²) in [6, 6.07) is 4.28. The SMILES string of the molecule is CCC(C)NS(=O)(=O)c1ccc(C#CCO)cc1Cl. The fourth-order valence-electron chi connectivity index (χ4n) is 1.35. The van der Waals surface area contributed by atoms with Gasteiger partial charge in [-0.15, -0.1) is 0 Å². The van der Waals surface area contributed by atoms with E-state index in [0.29, 0.717) is 12.0 Å². The van der Waals surface area contributed by atoms with Gasteiger partial charge in [0.25, 0.3) is 0 Å². The van der Waals surface area contributed by atoms with Gasteiger partial charge in [-0.2, -0.15) is 0 Å². The van der Waals surface area contributed by atoms with Crippen LogP contribution in [0.1, 0.15) is 25.8 Å². The van der Waals surface area contributed by atoms with E-state index in [1.807, 2.05) is 6.92 Å². The predicted molar refractivity (Wildman–Crippen MR) is 75.5 cm³/mol. The average molecular weight is 302 g/mol. The van der Waals surface area contributed by atoms with Gasteiger partial charge in [-0.25, -0.2) is 13.1 Å². The summed E-state index contributed by atoms with van der Waals surface area (Å²) in [5.74, 6) is 5.14. The Kier molecular flexibility index (Phi) is 5.83. The van der Waals surface area contributed by atoms with Crippen molar-refractivity contribution < 1.29 is 13.5 Å². The predicted octanol–water partition coefficient (Wildman–Crippen LogP) is 1.76. The lowest BCUT2D eigenvalue weighted by molar-refractivity contribution is 0.350. The van der Waals surface area contributed by atoms with Crippen molar-refractivity contribution >= 4 is 21.6 Å². The van der Waals surface area contributed by atoms with Gasteiger partial charge in [0, 0.05) is 11.6 Å². The molecule has 6 heteroatoms. The molecule has 0 saturated heterocycles. The van der Waals surface area contributed by atoms with E-state index in [1.54, 1.807) is 13.0 Å². The zero-order chi connectivity index (χ0) is 14.5. The zero-order valence-electron chi connectivity index (χ0n) is 10.8. The molecule has 4 nitrogen and oxygen atoms in total. The number of hydrogen-bond acceptors (Lipinski definition) is 3. The molecule has 0 bridgehead atoms. The minimum atomic E-state index is -3.62. The second kappa shape index (κ2) is 6.92. The van der Waals surface area contributed by atoms with Crippen LogP contribution < -0.4 is 4.72 Å². The van der Waals surface area contributed by atoms with Gasteiger partial charge in [0.05, 0.1) is 5.02 Å². The van der Waals surface area contributed by atoms with Crippen LogP contribution in [0, 0.1) is 11.8 Å². The number of halogens is 1. The number of nitrogens with one attached hydrogen (secondary N) is 1. The molecule has 2 N–H and O–H groups in total. The second-order valence-corrected chi connectivity index (χ2v) is 6.13. The highest BCUT2D eigenvalue weighted by Gasteiger charge is 2.19. The van der Waals surface area contributed by atoms with E-state index in [2.05, 4.69) is 16.6 Å². The highest BCUT2D eigenvalue weighted by molar-refractivity contribution is 7.89. The number of aliphatic hydroxyl groups is 1. The van der Waals surface area contributed by atoms with Crippen LogP contribution in [0.5, 0.6) is 0 Å². The largest absolute Gasteiger partial charge is 0.384 e. The highest BCUT2D eigenvalue weighted by Crippen LogP contribution is 2.22. The monoisotopic (exact) mass is 301 g/mol. The molecule has 1 aromatic rings. The fourth-order valence-corrected chi connectivity index (χ4v) is 3.22. The third-order valence-corrected chi connectivity index (χ3v) is 4.57. The second-order valence-electron chi connectivity index (χ2n) is 4.04. The molecule has 1 atom stereocenters. The van der Waals surface area contributed by atoms with Crippen LogP contribution in [0.15, 0.2) is 23.1 Å². The van der Waals surface area contributed by atoms with Gasteiger partial charge in [-0.1, -0.05) is 30.4 Å². The third-order valence-electron chi connectivity index (χ3n) is 2.50. The quantitative estimate of drug-likeness (QED) is 0.833. The summed E-state index contributed by atoms with van der Waals surface area (Å²) in [4.78, 5) is 0.0315. The van der Waals surface area contributed by atoms with Crippen molar-refractivity contribution in [3.05, 3.63) is 28.8 Å². The molecule has 1 unspecified atom stereocenters. The molecule has 0 fully saturated rings. The standard InChI is InChI=1S/C13H16ClNO3S/c1-3-10(2)15-19(17,18)13-7-6-11(5-4-8-16)9-12(13)14/h6-7,9-10,15-16H,3,8H2,1-2H3. The molecule has 0 spiro atoms. The molecule has 1 aromatic carbocycles. The van der Waals surface area contributed by atoms with Crippen LogP contribution in [0.25, 0.3) is 0 Å². The Labute approximate surface area is 118 Å². The summed E-state index contributed by atoms with van der Waals surface area (Å²) in [5, 5.41) is 8.71. The molecule has 0 aromatic heterocycles. The van der Waals surface area contributed by atoms with Gasteiger partial charge < -0.3 is 5.11 Å². The van der Waals surface area contributed by atoms with Crippen molar-refractivity contribution in [1.82, 2.24) is 4.72 Å². The molecule has 19 heavy (non-hydrogen) atoms. The molecular weight excluding hydrogens is 286 g/mol. The van der Waals surface area contributed by atoms with Gasteiger partial charge in [-0.3, -0.25) is 0 Å². The lowest BCUT2D eigenvalue weighted by atomic mass is 10.2. The minimum absolute atomic E-state index is 0.0315. The summed E-state index contributed by atoms with van der Waals surface area (Å²) in [6.45, 7) is 3.42. The lowest BCUT2D eigenvalue weighted by Gasteiger charge is -2.13. The highest BCUT2D eigenvalue weighted by atomic mass is 35.5. The molecule has 104 valence electrons. The van der Waals surface area contributed by atoms with Crippen LogP contribution in [-0.2, 0) is 10.0 Å². The lowest BCUT2D eigenvalue weighted by Crippen LogP contribution is -2.32. The van der Waals surface area contributed by atoms with E-state index in [0.717, 1.165) is 0 Å². The van der Waals surface area contributed by atoms with Gasteiger partial charge in [0.2, 0.25) is 10.0 Å². The molecule has 0 aliphatic carbocycles. The van der Waals surface area contributed by atoms with Crippen molar-refractivity contribution in [2.75, 3.05) is 6.61 Å². The van der Waals surface area contributed by atoms with Crippen LogP contribution >= 0.6 is 11.6 Å². The van der Waals surface area contributed by atoms with Crippen LogP contribution in [0.2, 0.25) is 5.02 Å². The summed E-state index contributed by atoms with van der Waals surface area (Å²) >= 11 is 5.97. The summed E-state index contributed by atoms with van der Waals surface area (Å²) < 4.78 is 26.7. The van der Waals surface area contributed by atoms with Crippen molar-refractivity contribution in [3.8, 4) is 11.8 Å². The first-order valence-electron chi connectivity index (χ1n) is 5.82. The Bertz CT molecular complexity index is 602. The zero-order valence-corrected chi connectivity index (χ0v) is 12.3. The van der Waals surface area contributed by atoms with Crippen molar-refractivity contribution in [2.45, 2.75) is 31.2 Å².